The van der Waals surface area contributed by atoms with Crippen molar-refractivity contribution in [1.82, 2.24) is 9.97 Å². The first-order valence-electron chi connectivity index (χ1n) is 9.28. The quantitative estimate of drug-likeness (QED) is 0.411. The van der Waals surface area contributed by atoms with Crippen molar-refractivity contribution >= 4 is 74.0 Å². The fourth-order valence-electron chi connectivity index (χ4n) is 3.24. The number of thioether (sulfide) groups is 2. The van der Waals surface area contributed by atoms with Gasteiger partial charge in [-0.25, -0.2) is 9.97 Å². The van der Waals surface area contributed by atoms with Crippen molar-refractivity contribution in [2.75, 3.05) is 40.6 Å². The lowest BCUT2D eigenvalue weighted by Gasteiger charge is -2.29. The van der Waals surface area contributed by atoms with E-state index in [4.69, 9.17) is 11.6 Å². The maximum absolute atomic E-state index is 12.5. The minimum absolute atomic E-state index is 0.0791. The van der Waals surface area contributed by atoms with E-state index in [1.807, 2.05) is 30.0 Å². The van der Waals surface area contributed by atoms with E-state index in [1.165, 1.54) is 22.2 Å². The highest BCUT2D eigenvalue weighted by molar-refractivity contribution is 8.00. The topological polar surface area (TPSA) is 58.1 Å². The summed E-state index contributed by atoms with van der Waals surface area (Å²) in [7, 11) is 0. The molecule has 1 aliphatic rings. The van der Waals surface area contributed by atoms with E-state index in [0.29, 0.717) is 10.7 Å². The highest BCUT2D eigenvalue weighted by Gasteiger charge is 2.16. The third-order valence-corrected chi connectivity index (χ3v) is 8.20. The monoisotopic (exact) mass is 464 g/mol. The summed E-state index contributed by atoms with van der Waals surface area (Å²) in [4.78, 5) is 25.7. The molecule has 0 spiro atoms. The number of benzene rings is 1. The van der Waals surface area contributed by atoms with Gasteiger partial charge in [0.15, 0.2) is 0 Å². The molecule has 0 saturated carbocycles. The summed E-state index contributed by atoms with van der Waals surface area (Å²) >= 11 is 11.5. The predicted octanol–water partition coefficient (Wildman–Crippen LogP) is 5.25. The number of rotatable bonds is 5. The van der Waals surface area contributed by atoms with E-state index < -0.39 is 0 Å². The summed E-state index contributed by atoms with van der Waals surface area (Å²) in [6.45, 7) is 6.16. The van der Waals surface area contributed by atoms with E-state index in [0.717, 1.165) is 45.5 Å². The predicted molar refractivity (Wildman–Crippen MR) is 127 cm³/mol. The molecule has 1 saturated heterocycles. The molecule has 1 aliphatic heterocycles. The zero-order chi connectivity index (χ0) is 20.4. The summed E-state index contributed by atoms with van der Waals surface area (Å²) in [5.74, 6) is 2.43. The Labute approximate surface area is 187 Å². The number of aromatic nitrogens is 2. The number of anilines is 2. The fraction of sp³-hybridized carbons (Fsp3) is 0.350. The molecule has 152 valence electrons. The second-order valence-corrected chi connectivity index (χ2v) is 10.5. The molecule has 3 heterocycles. The number of aryl methyl sites for hydroxylation is 2. The van der Waals surface area contributed by atoms with Crippen molar-refractivity contribution in [2.45, 2.75) is 18.9 Å². The normalized spacial score (nSPS) is 14.4. The standard InChI is InChI=1S/C20H21ClN4OS3/c1-12-13(2)29-20-18(12)19(22-11-23-20)28-10-17(26)24-14-3-4-16(15(21)9-14)25-5-7-27-8-6-25/h3-4,9,11H,5-8,10H2,1-2H3,(H,24,26). The Kier molecular flexibility index (Phi) is 6.53. The van der Waals surface area contributed by atoms with Crippen molar-refractivity contribution in [3.8, 4) is 0 Å². The Hall–Kier alpha value is -1.48. The van der Waals surface area contributed by atoms with Gasteiger partial charge in [0, 0.05) is 40.5 Å². The van der Waals surface area contributed by atoms with E-state index >= 15 is 0 Å². The first kappa shape index (κ1) is 20.8. The molecule has 1 fully saturated rings. The molecular formula is C20H21ClN4OS3. The molecule has 0 radical (unpaired) electrons. The Morgan fingerprint density at radius 1 is 1.28 bits per heavy atom. The lowest BCUT2D eigenvalue weighted by atomic mass is 10.2. The number of fused-ring (bicyclic) bond motifs is 1. The second-order valence-electron chi connectivity index (χ2n) is 6.74. The molecule has 2 aromatic heterocycles. The molecule has 5 nitrogen and oxygen atoms in total. The average Bonchev–Trinajstić information content (AvgIpc) is 3.01. The number of nitrogens with zero attached hydrogens (tertiary/aromatic N) is 3. The van der Waals surface area contributed by atoms with Crippen LogP contribution in [0.3, 0.4) is 0 Å². The Morgan fingerprint density at radius 3 is 2.83 bits per heavy atom. The van der Waals surface area contributed by atoms with Crippen LogP contribution in [0.5, 0.6) is 0 Å². The molecule has 0 aliphatic carbocycles. The van der Waals surface area contributed by atoms with Gasteiger partial charge < -0.3 is 10.2 Å². The largest absolute Gasteiger partial charge is 0.369 e. The van der Waals surface area contributed by atoms with Crippen molar-refractivity contribution in [3.05, 3.63) is 40.0 Å². The maximum Gasteiger partial charge on any atom is 0.234 e. The van der Waals surface area contributed by atoms with Crippen molar-refractivity contribution in [1.29, 1.82) is 0 Å². The molecule has 1 N–H and O–H groups in total. The molecule has 0 atom stereocenters. The number of carbonyl (C=O) groups excluding carboxylic acids is 1. The SMILES string of the molecule is Cc1sc2ncnc(SCC(=O)Nc3ccc(N4CCSCC4)c(Cl)c3)c2c1C. The van der Waals surface area contributed by atoms with Crippen LogP contribution in [0, 0.1) is 13.8 Å². The van der Waals surface area contributed by atoms with E-state index in [-0.39, 0.29) is 11.7 Å². The van der Waals surface area contributed by atoms with Crippen LogP contribution >= 0.6 is 46.5 Å². The van der Waals surface area contributed by atoms with Crippen LogP contribution in [-0.4, -0.2) is 46.2 Å². The van der Waals surface area contributed by atoms with Crippen molar-refractivity contribution in [3.63, 3.8) is 0 Å². The lowest BCUT2D eigenvalue weighted by molar-refractivity contribution is -0.113. The third-order valence-electron chi connectivity index (χ3n) is 4.85. The maximum atomic E-state index is 12.5. The number of nitrogens with one attached hydrogen (secondary N) is 1. The highest BCUT2D eigenvalue weighted by atomic mass is 35.5. The second kappa shape index (κ2) is 9.12. The van der Waals surface area contributed by atoms with Crippen LogP contribution in [-0.2, 0) is 4.79 Å². The van der Waals surface area contributed by atoms with Crippen LogP contribution in [0.2, 0.25) is 5.02 Å². The van der Waals surface area contributed by atoms with Crippen molar-refractivity contribution in [2.24, 2.45) is 0 Å². The fourth-order valence-corrected chi connectivity index (χ4v) is 6.36. The van der Waals surface area contributed by atoms with Crippen LogP contribution < -0.4 is 10.2 Å². The number of hydrogen-bond donors (Lipinski definition) is 1. The van der Waals surface area contributed by atoms with Gasteiger partial charge in [-0.05, 0) is 37.6 Å². The summed E-state index contributed by atoms with van der Waals surface area (Å²) < 4.78 is 0. The number of amides is 1. The van der Waals surface area contributed by atoms with E-state index in [2.05, 4.69) is 34.0 Å². The van der Waals surface area contributed by atoms with Crippen molar-refractivity contribution < 1.29 is 4.79 Å². The Balaban J connectivity index is 1.41. The highest BCUT2D eigenvalue weighted by Crippen LogP contribution is 2.34. The van der Waals surface area contributed by atoms with Crippen LogP contribution in [0.4, 0.5) is 11.4 Å². The van der Waals surface area contributed by atoms with E-state index in [1.54, 1.807) is 17.7 Å². The van der Waals surface area contributed by atoms with Crippen LogP contribution in [0.25, 0.3) is 10.2 Å². The van der Waals surface area contributed by atoms with Gasteiger partial charge in [-0.15, -0.1) is 11.3 Å². The van der Waals surface area contributed by atoms with Crippen LogP contribution in [0.1, 0.15) is 10.4 Å². The van der Waals surface area contributed by atoms with Gasteiger partial charge >= 0.3 is 0 Å². The molecule has 29 heavy (non-hydrogen) atoms. The average molecular weight is 465 g/mol. The molecule has 9 heteroatoms. The van der Waals surface area contributed by atoms with E-state index in [9.17, 15) is 4.79 Å². The zero-order valence-electron chi connectivity index (χ0n) is 16.2. The molecule has 0 bridgehead atoms. The first-order chi connectivity index (χ1) is 14.0. The molecule has 1 amide bonds. The number of hydrogen-bond acceptors (Lipinski definition) is 7. The minimum atomic E-state index is -0.0791. The number of halogens is 1. The van der Waals surface area contributed by atoms with Gasteiger partial charge in [-0.2, -0.15) is 11.8 Å². The van der Waals surface area contributed by atoms with Gasteiger partial charge in [-0.1, -0.05) is 23.4 Å². The van der Waals surface area contributed by atoms with Gasteiger partial charge in [-0.3, -0.25) is 4.79 Å². The smallest absolute Gasteiger partial charge is 0.234 e. The summed E-state index contributed by atoms with van der Waals surface area (Å²) in [6.07, 6.45) is 1.57. The zero-order valence-corrected chi connectivity index (χ0v) is 19.4. The van der Waals surface area contributed by atoms with Gasteiger partial charge in [0.05, 0.1) is 16.5 Å². The number of thiophene rings is 1. The van der Waals surface area contributed by atoms with Gasteiger partial charge in [0.25, 0.3) is 0 Å². The molecule has 3 aromatic rings. The molecular weight excluding hydrogens is 444 g/mol. The third kappa shape index (κ3) is 4.66. The molecule has 4 rings (SSSR count). The van der Waals surface area contributed by atoms with Gasteiger partial charge in [0.2, 0.25) is 5.91 Å². The minimum Gasteiger partial charge on any atom is -0.369 e. The molecule has 0 unspecified atom stereocenters. The summed E-state index contributed by atoms with van der Waals surface area (Å²) in [5.41, 5.74) is 2.93. The van der Waals surface area contributed by atoms with Crippen LogP contribution in [0.15, 0.2) is 29.6 Å². The molecule has 1 aromatic carbocycles. The number of carbonyl (C=O) groups is 1. The summed E-state index contributed by atoms with van der Waals surface area (Å²) in [6, 6.07) is 5.74. The first-order valence-corrected chi connectivity index (χ1v) is 12.6. The Morgan fingerprint density at radius 2 is 2.07 bits per heavy atom. The van der Waals surface area contributed by atoms with Gasteiger partial charge in [0.1, 0.15) is 16.2 Å². The summed E-state index contributed by atoms with van der Waals surface area (Å²) in [5, 5.41) is 5.52. The lowest BCUT2D eigenvalue weighted by Crippen LogP contribution is -2.32. The Bertz CT molecular complexity index is 1050.